The average molecular weight is 762 g/mol. The Balaban J connectivity index is 0.913. The number of halogens is 4. The number of carbonyl (C=O) groups is 2. The normalized spacial score (nSPS) is 16.1. The molecule has 55 heavy (non-hydrogen) atoms. The number of aromatic amines is 1. The largest absolute Gasteiger partial charge is 0.423 e. The summed E-state index contributed by atoms with van der Waals surface area (Å²) >= 11 is 0. The molecule has 0 radical (unpaired) electrons. The van der Waals surface area contributed by atoms with Crippen molar-refractivity contribution in [3.8, 4) is 0 Å². The number of anilines is 1. The highest BCUT2D eigenvalue weighted by Gasteiger charge is 2.39. The lowest BCUT2D eigenvalue weighted by molar-refractivity contribution is -0.136. The second-order valence-electron chi connectivity index (χ2n) is 14.5. The number of nitrogens with zero attached hydrogens (tertiary/aromatic N) is 4. The lowest BCUT2D eigenvalue weighted by Crippen LogP contribution is -2.51. The van der Waals surface area contributed by atoms with Gasteiger partial charge in [-0.2, -0.15) is 18.3 Å². The molecular weight excluding hydrogens is 722 g/mol. The first-order valence-electron chi connectivity index (χ1n) is 18.0. The quantitative estimate of drug-likeness (QED) is 0.115. The van der Waals surface area contributed by atoms with Gasteiger partial charge in [0.2, 0.25) is 5.91 Å². The first-order valence-corrected chi connectivity index (χ1v) is 18.0. The Bertz CT molecular complexity index is 2400. The van der Waals surface area contributed by atoms with Crippen LogP contribution in [0.2, 0.25) is 0 Å². The van der Waals surface area contributed by atoms with Gasteiger partial charge in [0.05, 0.1) is 47.5 Å². The summed E-state index contributed by atoms with van der Waals surface area (Å²) in [5.74, 6) is -1.30. The van der Waals surface area contributed by atoms with E-state index in [-0.39, 0.29) is 41.0 Å². The van der Waals surface area contributed by atoms with Crippen molar-refractivity contribution in [2.24, 2.45) is 0 Å². The topological polar surface area (TPSA) is 129 Å². The van der Waals surface area contributed by atoms with Crippen molar-refractivity contribution < 1.29 is 36.3 Å². The fourth-order valence-corrected chi connectivity index (χ4v) is 7.49. The highest BCUT2D eigenvalue weighted by molar-refractivity contribution is 5.99. The Kier molecular flexibility index (Phi) is 10.3. The lowest BCUT2D eigenvalue weighted by atomic mass is 9.85. The molecule has 0 unspecified atom stereocenters. The predicted octanol–water partition coefficient (Wildman–Crippen LogP) is 5.70. The van der Waals surface area contributed by atoms with Gasteiger partial charge in [0, 0.05) is 67.6 Å². The number of hydrogen-bond donors (Lipinski definition) is 1. The summed E-state index contributed by atoms with van der Waals surface area (Å²) in [5, 5.41) is 7.66. The molecule has 0 saturated carbocycles. The molecule has 2 aliphatic rings. The van der Waals surface area contributed by atoms with Crippen molar-refractivity contribution in [3.63, 3.8) is 0 Å². The van der Waals surface area contributed by atoms with E-state index in [0.29, 0.717) is 97.9 Å². The molecule has 0 spiro atoms. The summed E-state index contributed by atoms with van der Waals surface area (Å²) in [5.41, 5.74) is -1.15. The van der Waals surface area contributed by atoms with Gasteiger partial charge < -0.3 is 19.0 Å². The molecule has 0 aliphatic carbocycles. The summed E-state index contributed by atoms with van der Waals surface area (Å²) < 4.78 is 67.1. The van der Waals surface area contributed by atoms with Crippen molar-refractivity contribution in [1.29, 1.82) is 0 Å². The van der Waals surface area contributed by atoms with E-state index >= 15 is 0 Å². The van der Waals surface area contributed by atoms with Gasteiger partial charge in [-0.15, -0.1) is 0 Å². The summed E-state index contributed by atoms with van der Waals surface area (Å²) in [6.07, 6.45) is -3.46. The highest BCUT2D eigenvalue weighted by atomic mass is 19.4. The van der Waals surface area contributed by atoms with E-state index in [2.05, 4.69) is 15.1 Å². The molecule has 1 saturated heterocycles. The van der Waals surface area contributed by atoms with Gasteiger partial charge in [-0.3, -0.25) is 19.3 Å². The number of benzene rings is 3. The molecule has 7 rings (SSSR count). The minimum absolute atomic E-state index is 0.0227. The van der Waals surface area contributed by atoms with E-state index in [0.717, 1.165) is 0 Å². The predicted molar refractivity (Wildman–Crippen MR) is 197 cm³/mol. The van der Waals surface area contributed by atoms with Gasteiger partial charge in [0.1, 0.15) is 11.4 Å². The maximum atomic E-state index is 14.9. The fraction of sp³-hybridized carbons (Fsp3) is 0.375. The SMILES string of the molecule is CC1(C)CCc2cc3c(C(F)(F)F)cc(=O)oc3cc2N1C(=O)CCOCCN1CCN(C(=O)c2cc(Cc3n[nH]c(=O)c4ccccc34)ccc2F)CC1. The number of piperazine rings is 1. The zero-order valence-electron chi connectivity index (χ0n) is 30.3. The molecule has 15 heteroatoms. The van der Waals surface area contributed by atoms with E-state index in [1.807, 2.05) is 19.9 Å². The number of alkyl halides is 3. The van der Waals surface area contributed by atoms with E-state index in [1.54, 1.807) is 34.1 Å². The van der Waals surface area contributed by atoms with Crippen LogP contribution in [0.1, 0.15) is 59.4 Å². The standard InChI is InChI=1S/C40H39F4N5O6/c1-39(2)11-9-25-21-28-30(40(42,43)44)22-36(51)55-34(28)23-33(25)49(39)35(50)10-17-54-18-16-47-12-14-48(15-13-47)38(53)29-19-24(7-8-31(29)41)20-32-26-5-3-4-6-27(26)37(52)46-45-32/h3-8,19,21-23H,9-18,20H2,1-2H3,(H,46,52). The lowest BCUT2D eigenvalue weighted by Gasteiger charge is -2.43. The fourth-order valence-electron chi connectivity index (χ4n) is 7.49. The highest BCUT2D eigenvalue weighted by Crippen LogP contribution is 2.42. The smallest absolute Gasteiger partial charge is 0.417 e. The van der Waals surface area contributed by atoms with Gasteiger partial charge in [-0.05, 0) is 62.1 Å². The van der Waals surface area contributed by atoms with Crippen LogP contribution in [-0.2, 0) is 28.5 Å². The third-order valence-corrected chi connectivity index (χ3v) is 10.4. The minimum Gasteiger partial charge on any atom is -0.423 e. The van der Waals surface area contributed by atoms with Crippen LogP contribution in [0.3, 0.4) is 0 Å². The summed E-state index contributed by atoms with van der Waals surface area (Å²) in [4.78, 5) is 56.5. The zero-order chi connectivity index (χ0) is 39.1. The number of aromatic nitrogens is 2. The molecular formula is C40H39F4N5O6. The van der Waals surface area contributed by atoms with Crippen LogP contribution < -0.4 is 16.1 Å². The van der Waals surface area contributed by atoms with E-state index in [1.165, 1.54) is 24.3 Å². The molecule has 3 aromatic carbocycles. The average Bonchev–Trinajstić information content (AvgIpc) is 3.15. The molecule has 5 aromatic rings. The third-order valence-electron chi connectivity index (χ3n) is 10.4. The van der Waals surface area contributed by atoms with Crippen LogP contribution in [0.4, 0.5) is 23.2 Å². The molecule has 0 atom stereocenters. The molecule has 11 nitrogen and oxygen atoms in total. The van der Waals surface area contributed by atoms with Crippen molar-refractivity contribution in [2.75, 3.05) is 50.8 Å². The number of ether oxygens (including phenoxy) is 1. The van der Waals surface area contributed by atoms with Crippen LogP contribution in [0.15, 0.2) is 74.7 Å². The first kappa shape index (κ1) is 37.9. The number of aryl methyl sites for hydroxylation is 1. The van der Waals surface area contributed by atoms with Crippen molar-refractivity contribution >= 4 is 39.2 Å². The maximum absolute atomic E-state index is 14.9. The first-order chi connectivity index (χ1) is 26.2. The Morgan fingerprint density at radius 3 is 2.44 bits per heavy atom. The maximum Gasteiger partial charge on any atom is 0.417 e. The summed E-state index contributed by atoms with van der Waals surface area (Å²) in [7, 11) is 0. The number of amides is 2. The van der Waals surface area contributed by atoms with Crippen molar-refractivity contribution in [3.05, 3.63) is 115 Å². The molecule has 1 N–H and O–H groups in total. The van der Waals surface area contributed by atoms with Gasteiger partial charge in [-0.25, -0.2) is 14.3 Å². The minimum atomic E-state index is -4.75. The second kappa shape index (κ2) is 15.0. The summed E-state index contributed by atoms with van der Waals surface area (Å²) in [6.45, 7) is 6.59. The van der Waals surface area contributed by atoms with Crippen LogP contribution in [0.25, 0.3) is 21.7 Å². The Hall–Kier alpha value is -5.41. The van der Waals surface area contributed by atoms with Crippen molar-refractivity contribution in [1.82, 2.24) is 20.0 Å². The van der Waals surface area contributed by atoms with Gasteiger partial charge in [-0.1, -0.05) is 24.3 Å². The molecule has 2 aromatic heterocycles. The molecule has 4 heterocycles. The number of H-pyrrole nitrogens is 1. The van der Waals surface area contributed by atoms with E-state index < -0.39 is 34.6 Å². The molecule has 0 bridgehead atoms. The molecule has 2 amide bonds. The zero-order valence-corrected chi connectivity index (χ0v) is 30.3. The Morgan fingerprint density at radius 1 is 0.945 bits per heavy atom. The molecule has 1 fully saturated rings. The number of nitrogens with one attached hydrogen (secondary N) is 1. The number of rotatable bonds is 9. The number of carbonyl (C=O) groups excluding carboxylic acids is 2. The summed E-state index contributed by atoms with van der Waals surface area (Å²) in [6, 6.07) is 14.7. The van der Waals surface area contributed by atoms with E-state index in [4.69, 9.17) is 9.15 Å². The molecule has 2 aliphatic heterocycles. The molecule has 288 valence electrons. The number of hydrogen-bond acceptors (Lipinski definition) is 8. The van der Waals surface area contributed by atoms with Crippen molar-refractivity contribution in [2.45, 2.75) is 51.2 Å². The van der Waals surface area contributed by atoms with Gasteiger partial charge in [0.15, 0.2) is 0 Å². The van der Waals surface area contributed by atoms with Gasteiger partial charge >= 0.3 is 11.8 Å². The number of fused-ring (bicyclic) bond motifs is 3. The van der Waals surface area contributed by atoms with E-state index in [9.17, 15) is 36.7 Å². The van der Waals surface area contributed by atoms with Crippen LogP contribution in [-0.4, -0.2) is 83.3 Å². The third kappa shape index (κ3) is 7.89. The van der Waals surface area contributed by atoms with Gasteiger partial charge in [0.25, 0.3) is 11.5 Å². The Morgan fingerprint density at radius 2 is 1.69 bits per heavy atom. The van der Waals surface area contributed by atoms with Crippen LogP contribution in [0, 0.1) is 5.82 Å². The monoisotopic (exact) mass is 761 g/mol. The van der Waals surface area contributed by atoms with Crippen LogP contribution in [0.5, 0.6) is 0 Å². The Labute approximate surface area is 312 Å². The second-order valence-corrected chi connectivity index (χ2v) is 14.5. The van der Waals surface area contributed by atoms with Crippen LogP contribution >= 0.6 is 0 Å².